The molecule has 0 unspecified atom stereocenters. The van der Waals surface area contributed by atoms with Crippen LogP contribution in [0.4, 0.5) is 13.2 Å². The molecule has 0 bridgehead atoms. The second-order valence-corrected chi connectivity index (χ2v) is 16.5. The number of alkyl halides is 3. The molecule has 0 radical (unpaired) electrons. The normalized spacial score (nSPS) is 15.3. The highest BCUT2D eigenvalue weighted by atomic mass is 32.2. The van der Waals surface area contributed by atoms with Crippen LogP contribution in [0.2, 0.25) is 0 Å². The van der Waals surface area contributed by atoms with E-state index in [1.807, 2.05) is 0 Å². The topological polar surface area (TPSA) is 138 Å². The quantitative estimate of drug-likeness (QED) is 0.245. The highest BCUT2D eigenvalue weighted by molar-refractivity contribution is 7.77. The van der Waals surface area contributed by atoms with Crippen LogP contribution in [0.5, 0.6) is 0 Å². The van der Waals surface area contributed by atoms with Crippen molar-refractivity contribution in [3.8, 4) is 0 Å². The second kappa shape index (κ2) is 17.3. The fourth-order valence-electron chi connectivity index (χ4n) is 4.56. The van der Waals surface area contributed by atoms with Crippen molar-refractivity contribution in [3.63, 3.8) is 0 Å². The van der Waals surface area contributed by atoms with E-state index < -0.39 is 23.9 Å². The molecule has 0 saturated carbocycles. The first kappa shape index (κ1) is 37.4. The van der Waals surface area contributed by atoms with E-state index in [1.54, 1.807) is 9.80 Å². The van der Waals surface area contributed by atoms with Gasteiger partial charge in [0, 0.05) is 52.4 Å². The van der Waals surface area contributed by atoms with E-state index in [1.165, 1.54) is 0 Å². The summed E-state index contributed by atoms with van der Waals surface area (Å²) >= 11 is 14.4. The first-order valence-corrected chi connectivity index (χ1v) is 18.4. The summed E-state index contributed by atoms with van der Waals surface area (Å²) in [4.78, 5) is 68.2. The van der Waals surface area contributed by atoms with Crippen molar-refractivity contribution >= 4 is 99.3 Å². The van der Waals surface area contributed by atoms with Crippen LogP contribution >= 0.6 is 69.8 Å². The van der Waals surface area contributed by atoms with Crippen molar-refractivity contribution in [2.45, 2.75) is 19.0 Å². The third kappa shape index (κ3) is 10.3. The first-order chi connectivity index (χ1) is 22.4. The molecule has 21 heteroatoms. The van der Waals surface area contributed by atoms with Crippen molar-refractivity contribution in [3.05, 3.63) is 25.8 Å². The van der Waals surface area contributed by atoms with Crippen LogP contribution in [0, 0.1) is 6.28 Å². The molecular weight excluding hydrogens is 744 g/mol. The third-order valence-corrected chi connectivity index (χ3v) is 12.1. The zero-order chi connectivity index (χ0) is 34.1. The molecule has 2 aromatic heterocycles. The summed E-state index contributed by atoms with van der Waals surface area (Å²) in [7, 11) is 0. The number of nitrogens with zero attached hydrogens (tertiary/aromatic N) is 3. The van der Waals surface area contributed by atoms with Gasteiger partial charge in [0.25, 0.3) is 23.6 Å². The van der Waals surface area contributed by atoms with Gasteiger partial charge in [0.15, 0.2) is 0 Å². The number of hydrogen-bond donors (Lipinski definition) is 2. The summed E-state index contributed by atoms with van der Waals surface area (Å²) in [5.74, 6) is -3.89. The van der Waals surface area contributed by atoms with Crippen LogP contribution in [-0.2, 0) is 14.3 Å². The molecule has 0 aromatic carbocycles. The summed E-state index contributed by atoms with van der Waals surface area (Å²) in [5, 5.41) is 5.20. The maximum absolute atomic E-state index is 13.3. The van der Waals surface area contributed by atoms with Gasteiger partial charge in [0.2, 0.25) is 0 Å². The average molecular weight is 774 g/mol. The molecule has 4 rings (SSSR count). The van der Waals surface area contributed by atoms with Gasteiger partial charge in [-0.05, 0) is 12.8 Å². The number of morpholine rings is 2. The lowest BCUT2D eigenvalue weighted by Gasteiger charge is -2.26. The number of halogens is 3. The summed E-state index contributed by atoms with van der Waals surface area (Å²) in [6.45, 7) is 2.24. The Hall–Kier alpha value is -2.40. The lowest BCUT2D eigenvalue weighted by molar-refractivity contribution is -0.185. The van der Waals surface area contributed by atoms with E-state index >= 15 is 0 Å². The van der Waals surface area contributed by atoms with Gasteiger partial charge < -0.3 is 34.8 Å². The van der Waals surface area contributed by atoms with E-state index in [2.05, 4.69) is 10.6 Å². The molecular formula is C26H30F3N5O7S6. The fraction of sp³-hybridized carbons (Fsp3) is 0.577. The van der Waals surface area contributed by atoms with Crippen LogP contribution in [0.25, 0.3) is 0 Å². The Morgan fingerprint density at radius 3 is 1.40 bits per heavy atom. The van der Waals surface area contributed by atoms with Crippen molar-refractivity contribution in [2.24, 2.45) is 0 Å². The molecule has 2 aliphatic heterocycles. The van der Waals surface area contributed by atoms with Gasteiger partial charge in [-0.15, -0.1) is 45.3 Å². The monoisotopic (exact) mass is 773 g/mol. The Balaban J connectivity index is 1.28. The molecule has 258 valence electrons. The van der Waals surface area contributed by atoms with E-state index in [9.17, 15) is 37.1 Å². The molecule has 4 heterocycles. The van der Waals surface area contributed by atoms with Crippen LogP contribution < -0.4 is 10.6 Å². The minimum Gasteiger partial charge on any atom is -0.378 e. The van der Waals surface area contributed by atoms with Crippen molar-refractivity contribution in [1.82, 2.24) is 25.3 Å². The minimum absolute atomic E-state index is 0.00654. The van der Waals surface area contributed by atoms with Gasteiger partial charge in [-0.25, -0.2) is 0 Å². The van der Waals surface area contributed by atoms with E-state index in [0.29, 0.717) is 63.8 Å². The summed E-state index contributed by atoms with van der Waals surface area (Å²) in [5.41, 5.74) is 0. The zero-order valence-electron chi connectivity index (χ0n) is 24.7. The number of ether oxygens (including phenoxy) is 2. The average Bonchev–Trinajstić information content (AvgIpc) is 3.65. The number of hydrogen-bond acceptors (Lipinski definition) is 13. The molecule has 47 heavy (non-hydrogen) atoms. The molecule has 0 spiro atoms. The number of nitrogens with one attached hydrogen (secondary N) is 2. The Kier molecular flexibility index (Phi) is 13.8. The predicted octanol–water partition coefficient (Wildman–Crippen LogP) is 3.67. The first-order valence-electron chi connectivity index (χ1n) is 14.3. The molecule has 2 saturated heterocycles. The van der Waals surface area contributed by atoms with Gasteiger partial charge in [-0.3, -0.25) is 24.0 Å². The van der Waals surface area contributed by atoms with Gasteiger partial charge in [-0.1, -0.05) is 24.4 Å². The number of carbonyl (C=O) groups is 5. The van der Waals surface area contributed by atoms with Crippen molar-refractivity contribution in [1.29, 1.82) is 0 Å². The highest BCUT2D eigenvalue weighted by Crippen LogP contribution is 2.28. The molecule has 0 aliphatic carbocycles. The van der Waals surface area contributed by atoms with Crippen LogP contribution in [0.3, 0.4) is 0 Å². The highest BCUT2D eigenvalue weighted by Gasteiger charge is 2.42. The van der Waals surface area contributed by atoms with E-state index in [0.717, 1.165) is 45.3 Å². The maximum Gasteiger partial charge on any atom is 0.471 e. The van der Waals surface area contributed by atoms with Crippen molar-refractivity contribution < 1.29 is 46.6 Å². The summed E-state index contributed by atoms with van der Waals surface area (Å²) < 4.78 is 51.3. The Morgan fingerprint density at radius 1 is 0.681 bits per heavy atom. The zero-order valence-corrected chi connectivity index (χ0v) is 29.6. The molecule has 12 nitrogen and oxygen atoms in total. The molecule has 2 fully saturated rings. The molecule has 5 amide bonds. The van der Waals surface area contributed by atoms with Crippen LogP contribution in [0.1, 0.15) is 51.5 Å². The second-order valence-electron chi connectivity index (χ2n) is 10.0. The Morgan fingerprint density at radius 2 is 1.04 bits per heavy atom. The van der Waals surface area contributed by atoms with Crippen molar-refractivity contribution in [2.75, 3.05) is 78.8 Å². The van der Waals surface area contributed by atoms with Gasteiger partial charge in [0.1, 0.15) is 25.8 Å². The fourth-order valence-corrected chi connectivity index (χ4v) is 9.55. The SMILES string of the molecule is O=C(NCCCN(CCCNC(=O)c1sc(=S)sc1C(=O)N1CCOCC1)C(=O)C(F)(F)F)c1sc(=S)sc1C(=O)N1CCOCC1. The minimum atomic E-state index is -5.12. The molecule has 2 N–H and O–H groups in total. The standard InChI is InChI=1S/C26H30F3N5O7S6/c27-26(28,29)23(39)34(5-1-3-30-19(35)15-17(46-24(42)44-15)21(37)32-7-11-40-12-8-32)6-2-4-31-20(36)16-18(47-25(43)45-16)22(38)33-9-13-41-14-10-33/h1-14H2,(H,30,35)(H,31,36). The maximum atomic E-state index is 13.3. The van der Waals surface area contributed by atoms with E-state index in [4.69, 9.17) is 33.9 Å². The molecule has 2 aromatic rings. The summed E-state index contributed by atoms with van der Waals surface area (Å²) in [6, 6.07) is 0. The van der Waals surface area contributed by atoms with Gasteiger partial charge in [0.05, 0.1) is 26.4 Å². The number of carbonyl (C=O) groups excluding carboxylic acids is 5. The molecule has 2 aliphatic rings. The number of rotatable bonds is 12. The molecule has 0 atom stereocenters. The van der Waals surface area contributed by atoms with E-state index in [-0.39, 0.29) is 70.3 Å². The Labute approximate surface area is 293 Å². The summed E-state index contributed by atoms with van der Waals surface area (Å²) in [6.07, 6.45) is -5.13. The van der Waals surface area contributed by atoms with Gasteiger partial charge >= 0.3 is 12.1 Å². The van der Waals surface area contributed by atoms with Gasteiger partial charge in [-0.2, -0.15) is 13.2 Å². The smallest absolute Gasteiger partial charge is 0.378 e. The predicted molar refractivity (Wildman–Crippen MR) is 176 cm³/mol. The lowest BCUT2D eigenvalue weighted by Crippen LogP contribution is -2.43. The third-order valence-electron chi connectivity index (χ3n) is 6.86. The lowest BCUT2D eigenvalue weighted by atomic mass is 10.3. The Bertz CT molecular complexity index is 1480. The largest absolute Gasteiger partial charge is 0.471 e. The number of amides is 5. The van der Waals surface area contributed by atoms with Crippen LogP contribution in [0.15, 0.2) is 0 Å². The van der Waals surface area contributed by atoms with Crippen LogP contribution in [-0.4, -0.2) is 129 Å².